The summed E-state index contributed by atoms with van der Waals surface area (Å²) in [6, 6.07) is 9.86. The van der Waals surface area contributed by atoms with Crippen molar-refractivity contribution in [3.63, 3.8) is 0 Å². The average molecular weight is 183 g/mol. The number of rotatable bonds is 1. The van der Waals surface area contributed by atoms with Crippen molar-refractivity contribution in [1.82, 2.24) is 4.98 Å². The lowest BCUT2D eigenvalue weighted by molar-refractivity contribution is 1.35. The molecular formula is C11H9N3. The molecule has 2 rings (SSSR count). The maximum absolute atomic E-state index is 8.88. The molecular weight excluding hydrogens is 174 g/mol. The number of benzene rings is 1. The van der Waals surface area contributed by atoms with Crippen LogP contribution in [0, 0.1) is 11.3 Å². The van der Waals surface area contributed by atoms with E-state index >= 15 is 0 Å². The lowest BCUT2D eigenvalue weighted by Gasteiger charge is -2.06. The molecule has 3 nitrogen and oxygen atoms in total. The number of aromatic nitrogens is 1. The normalized spacial score (nSPS) is 9.71. The zero-order chi connectivity index (χ0) is 9.97. The Labute approximate surface area is 82.0 Å². The molecule has 1 N–H and O–H groups in total. The second-order valence-corrected chi connectivity index (χ2v) is 2.93. The number of hydrogen-bond acceptors (Lipinski definition) is 3. The Morgan fingerprint density at radius 2 is 2.14 bits per heavy atom. The minimum atomic E-state index is 0.575. The van der Waals surface area contributed by atoms with Crippen LogP contribution in [0.15, 0.2) is 30.5 Å². The highest BCUT2D eigenvalue weighted by molar-refractivity contribution is 5.93. The molecule has 0 aliphatic rings. The van der Waals surface area contributed by atoms with E-state index in [1.165, 1.54) is 0 Å². The third-order valence-electron chi connectivity index (χ3n) is 2.15. The van der Waals surface area contributed by atoms with Gasteiger partial charge in [0, 0.05) is 18.6 Å². The van der Waals surface area contributed by atoms with Crippen LogP contribution in [-0.2, 0) is 0 Å². The van der Waals surface area contributed by atoms with Crippen molar-refractivity contribution < 1.29 is 0 Å². The van der Waals surface area contributed by atoms with Crippen molar-refractivity contribution >= 4 is 16.6 Å². The van der Waals surface area contributed by atoms with Gasteiger partial charge in [-0.25, -0.2) is 0 Å². The standard InChI is InChI=1S/C11H9N3/c1-13-11-8(6-12)7-14-10-5-3-2-4-9(10)11/h2-5,7H,1H3,(H,13,14). The highest BCUT2D eigenvalue weighted by Crippen LogP contribution is 2.24. The van der Waals surface area contributed by atoms with Crippen LogP contribution in [0.2, 0.25) is 0 Å². The van der Waals surface area contributed by atoms with E-state index in [2.05, 4.69) is 16.4 Å². The second-order valence-electron chi connectivity index (χ2n) is 2.93. The fourth-order valence-electron chi connectivity index (χ4n) is 1.50. The molecule has 1 aromatic carbocycles. The molecule has 2 aromatic rings. The quantitative estimate of drug-likeness (QED) is 0.736. The Balaban J connectivity index is 2.85. The van der Waals surface area contributed by atoms with Gasteiger partial charge in [0.15, 0.2) is 0 Å². The van der Waals surface area contributed by atoms with E-state index in [0.717, 1.165) is 16.6 Å². The van der Waals surface area contributed by atoms with Gasteiger partial charge in [-0.15, -0.1) is 0 Å². The predicted octanol–water partition coefficient (Wildman–Crippen LogP) is 2.15. The maximum Gasteiger partial charge on any atom is 0.103 e. The third kappa shape index (κ3) is 1.17. The summed E-state index contributed by atoms with van der Waals surface area (Å²) >= 11 is 0. The molecule has 1 aromatic heterocycles. The topological polar surface area (TPSA) is 48.7 Å². The number of hydrogen-bond donors (Lipinski definition) is 1. The summed E-state index contributed by atoms with van der Waals surface area (Å²) < 4.78 is 0. The van der Waals surface area contributed by atoms with Crippen LogP contribution in [0.4, 0.5) is 5.69 Å². The first-order chi connectivity index (χ1) is 6.86. The number of fused-ring (bicyclic) bond motifs is 1. The first kappa shape index (κ1) is 8.52. The number of pyridine rings is 1. The molecule has 0 aliphatic heterocycles. The first-order valence-corrected chi connectivity index (χ1v) is 4.32. The number of para-hydroxylation sites is 1. The Bertz CT molecular complexity index is 511. The minimum Gasteiger partial charge on any atom is -0.386 e. The average Bonchev–Trinajstić information content (AvgIpc) is 2.27. The summed E-state index contributed by atoms with van der Waals surface area (Å²) in [6.45, 7) is 0. The number of anilines is 1. The van der Waals surface area contributed by atoms with Crippen LogP contribution in [0.25, 0.3) is 10.9 Å². The van der Waals surface area contributed by atoms with Gasteiger partial charge in [-0.05, 0) is 6.07 Å². The Morgan fingerprint density at radius 1 is 1.36 bits per heavy atom. The van der Waals surface area contributed by atoms with Crippen molar-refractivity contribution in [3.05, 3.63) is 36.0 Å². The lowest BCUT2D eigenvalue weighted by Crippen LogP contribution is -1.95. The Morgan fingerprint density at radius 3 is 2.86 bits per heavy atom. The Kier molecular flexibility index (Phi) is 2.04. The van der Waals surface area contributed by atoms with E-state index in [-0.39, 0.29) is 0 Å². The van der Waals surface area contributed by atoms with Gasteiger partial charge >= 0.3 is 0 Å². The molecule has 68 valence electrons. The molecule has 0 fully saturated rings. The summed E-state index contributed by atoms with van der Waals surface area (Å²) in [5, 5.41) is 12.9. The van der Waals surface area contributed by atoms with Gasteiger partial charge < -0.3 is 5.32 Å². The Hall–Kier alpha value is -2.08. The highest BCUT2D eigenvalue weighted by atomic mass is 14.8. The smallest absolute Gasteiger partial charge is 0.103 e. The number of nitrogens with one attached hydrogen (secondary N) is 1. The molecule has 0 amide bonds. The number of nitriles is 1. The molecule has 0 atom stereocenters. The van der Waals surface area contributed by atoms with Gasteiger partial charge in [-0.1, -0.05) is 18.2 Å². The van der Waals surface area contributed by atoms with E-state index < -0.39 is 0 Å². The van der Waals surface area contributed by atoms with Crippen LogP contribution in [0.5, 0.6) is 0 Å². The van der Waals surface area contributed by atoms with Crippen molar-refractivity contribution in [2.24, 2.45) is 0 Å². The van der Waals surface area contributed by atoms with Crippen LogP contribution in [0.3, 0.4) is 0 Å². The van der Waals surface area contributed by atoms with Crippen molar-refractivity contribution in [3.8, 4) is 6.07 Å². The molecule has 0 saturated carbocycles. The largest absolute Gasteiger partial charge is 0.386 e. The molecule has 0 aliphatic carbocycles. The summed E-state index contributed by atoms with van der Waals surface area (Å²) in [6.07, 6.45) is 1.59. The predicted molar refractivity (Wildman–Crippen MR) is 56.0 cm³/mol. The molecule has 0 saturated heterocycles. The maximum atomic E-state index is 8.88. The molecule has 1 heterocycles. The van der Waals surface area contributed by atoms with E-state index in [0.29, 0.717) is 5.56 Å². The zero-order valence-corrected chi connectivity index (χ0v) is 7.78. The molecule has 0 bridgehead atoms. The lowest BCUT2D eigenvalue weighted by atomic mass is 10.1. The second kappa shape index (κ2) is 3.35. The van der Waals surface area contributed by atoms with Crippen LogP contribution >= 0.6 is 0 Å². The fraction of sp³-hybridized carbons (Fsp3) is 0.0909. The summed E-state index contributed by atoms with van der Waals surface area (Å²) in [4.78, 5) is 4.20. The monoisotopic (exact) mass is 183 g/mol. The van der Waals surface area contributed by atoms with E-state index in [1.54, 1.807) is 6.20 Å². The molecule has 0 unspecified atom stereocenters. The molecule has 14 heavy (non-hydrogen) atoms. The van der Waals surface area contributed by atoms with Gasteiger partial charge in [0.1, 0.15) is 6.07 Å². The van der Waals surface area contributed by atoms with Gasteiger partial charge in [-0.3, -0.25) is 4.98 Å². The van der Waals surface area contributed by atoms with E-state index in [1.807, 2.05) is 31.3 Å². The molecule has 0 radical (unpaired) electrons. The van der Waals surface area contributed by atoms with E-state index in [9.17, 15) is 0 Å². The van der Waals surface area contributed by atoms with Crippen molar-refractivity contribution in [2.45, 2.75) is 0 Å². The molecule has 3 heteroatoms. The van der Waals surface area contributed by atoms with Gasteiger partial charge in [0.05, 0.1) is 16.8 Å². The first-order valence-electron chi connectivity index (χ1n) is 4.32. The van der Waals surface area contributed by atoms with E-state index in [4.69, 9.17) is 5.26 Å². The number of nitrogens with zero attached hydrogens (tertiary/aromatic N) is 2. The SMILES string of the molecule is CNc1c(C#N)cnc2ccccc12. The summed E-state index contributed by atoms with van der Waals surface area (Å²) in [5.74, 6) is 0. The third-order valence-corrected chi connectivity index (χ3v) is 2.15. The van der Waals surface area contributed by atoms with Crippen molar-refractivity contribution in [1.29, 1.82) is 5.26 Å². The fourth-order valence-corrected chi connectivity index (χ4v) is 1.50. The minimum absolute atomic E-state index is 0.575. The van der Waals surface area contributed by atoms with Gasteiger partial charge in [0.2, 0.25) is 0 Å². The summed E-state index contributed by atoms with van der Waals surface area (Å²) in [5.41, 5.74) is 2.32. The van der Waals surface area contributed by atoms with Crippen LogP contribution < -0.4 is 5.32 Å². The van der Waals surface area contributed by atoms with Crippen LogP contribution in [0.1, 0.15) is 5.56 Å². The zero-order valence-electron chi connectivity index (χ0n) is 7.78. The van der Waals surface area contributed by atoms with Crippen molar-refractivity contribution in [2.75, 3.05) is 12.4 Å². The highest BCUT2D eigenvalue weighted by Gasteiger charge is 2.05. The van der Waals surface area contributed by atoms with Gasteiger partial charge in [0.25, 0.3) is 0 Å². The molecule has 0 spiro atoms. The van der Waals surface area contributed by atoms with Gasteiger partial charge in [-0.2, -0.15) is 5.26 Å². The summed E-state index contributed by atoms with van der Waals surface area (Å²) in [7, 11) is 1.81. The van der Waals surface area contributed by atoms with Crippen LogP contribution in [-0.4, -0.2) is 12.0 Å².